The van der Waals surface area contributed by atoms with Crippen molar-refractivity contribution in [2.24, 2.45) is 0 Å². The van der Waals surface area contributed by atoms with Gasteiger partial charge in [-0.05, 0) is 44.9 Å². The molecule has 8 N–H and O–H groups in total. The van der Waals surface area contributed by atoms with Crippen molar-refractivity contribution in [3.63, 3.8) is 0 Å². The summed E-state index contributed by atoms with van der Waals surface area (Å²) in [6.45, 7) is 3.36. The summed E-state index contributed by atoms with van der Waals surface area (Å²) >= 11 is 0. The molecule has 11 heteroatoms. The average molecular weight is 926 g/mol. The Bertz CT molecular complexity index is 1110. The van der Waals surface area contributed by atoms with Gasteiger partial charge in [0.2, 0.25) is 5.91 Å². The summed E-state index contributed by atoms with van der Waals surface area (Å²) in [6, 6.07) is -1.19. The van der Waals surface area contributed by atoms with Crippen LogP contribution in [-0.2, 0) is 14.3 Å². The summed E-state index contributed by atoms with van der Waals surface area (Å²) in [7, 11) is 0. The van der Waals surface area contributed by atoms with E-state index in [0.29, 0.717) is 19.3 Å². The SMILES string of the molecule is CCC/C=C/CC/C=C/CCCC(O)C(O)C(COC1OC(CO)C(O)C(O)C1O)NC(=O)C(O)CCCCCCCCCCCCCCCCCCCCCCCCCCCCCC. The largest absolute Gasteiger partial charge is 0.394 e. The zero-order valence-electron chi connectivity index (χ0n) is 41.7. The second-order valence-electron chi connectivity index (χ2n) is 19.3. The number of ether oxygens (including phenoxy) is 2. The molecule has 1 aliphatic heterocycles. The van der Waals surface area contributed by atoms with Gasteiger partial charge in [-0.15, -0.1) is 0 Å². The van der Waals surface area contributed by atoms with Gasteiger partial charge in [0, 0.05) is 0 Å². The van der Waals surface area contributed by atoms with E-state index in [1.807, 2.05) is 0 Å². The second-order valence-corrected chi connectivity index (χ2v) is 19.3. The van der Waals surface area contributed by atoms with Gasteiger partial charge in [-0.25, -0.2) is 0 Å². The number of aliphatic hydroxyl groups is 7. The molecular weight excluding hydrogens is 823 g/mol. The summed E-state index contributed by atoms with van der Waals surface area (Å²) in [5.74, 6) is -0.709. The predicted molar refractivity (Wildman–Crippen MR) is 266 cm³/mol. The number of hydrogen-bond donors (Lipinski definition) is 8. The molecule has 384 valence electrons. The first-order valence-corrected chi connectivity index (χ1v) is 27.2. The van der Waals surface area contributed by atoms with Crippen LogP contribution in [0.3, 0.4) is 0 Å². The molecule has 65 heavy (non-hydrogen) atoms. The minimum absolute atomic E-state index is 0.247. The molecule has 11 nitrogen and oxygen atoms in total. The number of rotatable bonds is 46. The highest BCUT2D eigenvalue weighted by Gasteiger charge is 2.44. The van der Waals surface area contributed by atoms with Gasteiger partial charge in [0.1, 0.15) is 36.6 Å². The Balaban J connectivity index is 2.22. The van der Waals surface area contributed by atoms with Gasteiger partial charge in [-0.1, -0.05) is 224 Å². The highest BCUT2D eigenvalue weighted by Crippen LogP contribution is 2.23. The summed E-state index contributed by atoms with van der Waals surface area (Å²) < 4.78 is 11.1. The molecule has 0 aromatic rings. The molecule has 0 radical (unpaired) electrons. The molecule has 0 aromatic heterocycles. The van der Waals surface area contributed by atoms with Crippen LogP contribution < -0.4 is 5.32 Å². The van der Waals surface area contributed by atoms with Crippen LogP contribution in [0, 0.1) is 0 Å². The van der Waals surface area contributed by atoms with Crippen molar-refractivity contribution in [1.82, 2.24) is 5.32 Å². The van der Waals surface area contributed by atoms with Gasteiger partial charge >= 0.3 is 0 Å². The molecule has 0 saturated carbocycles. The topological polar surface area (TPSA) is 189 Å². The second kappa shape index (κ2) is 43.8. The fraction of sp³-hybridized carbons (Fsp3) is 0.907. The highest BCUT2D eigenvalue weighted by molar-refractivity contribution is 5.80. The molecule has 0 aromatic carbocycles. The van der Waals surface area contributed by atoms with Crippen molar-refractivity contribution in [2.75, 3.05) is 13.2 Å². The van der Waals surface area contributed by atoms with Gasteiger partial charge in [0.15, 0.2) is 6.29 Å². The third kappa shape index (κ3) is 32.9. The lowest BCUT2D eigenvalue weighted by Crippen LogP contribution is -2.60. The molecule has 1 fully saturated rings. The molecule has 9 unspecified atom stereocenters. The van der Waals surface area contributed by atoms with Gasteiger partial charge in [-0.2, -0.15) is 0 Å². The van der Waals surface area contributed by atoms with Crippen LogP contribution >= 0.6 is 0 Å². The third-order valence-electron chi connectivity index (χ3n) is 13.2. The first-order chi connectivity index (χ1) is 31.7. The minimum Gasteiger partial charge on any atom is -0.394 e. The van der Waals surface area contributed by atoms with Crippen molar-refractivity contribution in [1.29, 1.82) is 0 Å². The van der Waals surface area contributed by atoms with Crippen LogP contribution in [-0.4, -0.2) is 110 Å². The molecule has 1 aliphatic rings. The average Bonchev–Trinajstić information content (AvgIpc) is 3.31. The third-order valence-corrected chi connectivity index (χ3v) is 13.2. The van der Waals surface area contributed by atoms with E-state index in [-0.39, 0.29) is 12.8 Å². The van der Waals surface area contributed by atoms with E-state index in [9.17, 15) is 40.5 Å². The van der Waals surface area contributed by atoms with Crippen LogP contribution in [0.4, 0.5) is 0 Å². The van der Waals surface area contributed by atoms with Gasteiger partial charge in [-0.3, -0.25) is 4.79 Å². The zero-order valence-corrected chi connectivity index (χ0v) is 41.7. The van der Waals surface area contributed by atoms with E-state index in [4.69, 9.17) is 9.47 Å². The van der Waals surface area contributed by atoms with Crippen molar-refractivity contribution in [3.8, 4) is 0 Å². The number of unbranched alkanes of at least 4 members (excludes halogenated alkanes) is 30. The molecule has 1 amide bonds. The number of hydrogen-bond acceptors (Lipinski definition) is 10. The molecule has 1 rings (SSSR count). The number of carbonyl (C=O) groups excluding carboxylic acids is 1. The fourth-order valence-corrected chi connectivity index (χ4v) is 8.76. The highest BCUT2D eigenvalue weighted by atomic mass is 16.7. The Hall–Kier alpha value is -1.41. The summed E-state index contributed by atoms with van der Waals surface area (Å²) in [4.78, 5) is 13.1. The van der Waals surface area contributed by atoms with E-state index < -0.39 is 74.2 Å². The summed E-state index contributed by atoms with van der Waals surface area (Å²) in [5, 5.41) is 75.7. The molecule has 0 aliphatic carbocycles. The first-order valence-electron chi connectivity index (χ1n) is 27.2. The number of nitrogens with one attached hydrogen (secondary N) is 1. The lowest BCUT2D eigenvalue weighted by molar-refractivity contribution is -0.303. The van der Waals surface area contributed by atoms with E-state index in [1.54, 1.807) is 0 Å². The Morgan fingerprint density at radius 1 is 0.523 bits per heavy atom. The maximum atomic E-state index is 13.1. The maximum Gasteiger partial charge on any atom is 0.249 e. The van der Waals surface area contributed by atoms with Crippen molar-refractivity contribution < 1.29 is 50.0 Å². The van der Waals surface area contributed by atoms with Crippen LogP contribution in [0.5, 0.6) is 0 Å². The molecule has 9 atom stereocenters. The Morgan fingerprint density at radius 3 is 1.37 bits per heavy atom. The molecule has 0 bridgehead atoms. The molecule has 1 saturated heterocycles. The quantitative estimate of drug-likeness (QED) is 0.0216. The van der Waals surface area contributed by atoms with E-state index in [0.717, 1.165) is 44.9 Å². The Labute approximate surface area is 397 Å². The van der Waals surface area contributed by atoms with Gasteiger partial charge < -0.3 is 50.5 Å². The Kier molecular flexibility index (Phi) is 41.6. The summed E-state index contributed by atoms with van der Waals surface area (Å²) in [6.07, 6.45) is 39.9. The standard InChI is InChI=1S/C54H103NO10/c1-3-5-7-9-11-13-15-16-17-18-19-20-21-22-23-24-25-26-27-28-29-30-31-32-34-36-38-40-42-47(58)53(63)55-45(44-64-54-52(62)51(61)50(60)48(43-56)65-54)49(59)46(57)41-39-37-35-33-14-12-10-8-6-4-2/h8,10,33,35,45-52,54,56-62H,3-7,9,11-32,34,36-44H2,1-2H3,(H,55,63)/b10-8+,35-33+. The maximum absolute atomic E-state index is 13.1. The number of aliphatic hydroxyl groups excluding tert-OH is 7. The van der Waals surface area contributed by atoms with Crippen LogP contribution in [0.2, 0.25) is 0 Å². The van der Waals surface area contributed by atoms with Crippen LogP contribution in [0.1, 0.15) is 245 Å². The Morgan fingerprint density at radius 2 is 0.938 bits per heavy atom. The van der Waals surface area contributed by atoms with Crippen LogP contribution in [0.25, 0.3) is 0 Å². The van der Waals surface area contributed by atoms with E-state index >= 15 is 0 Å². The van der Waals surface area contributed by atoms with E-state index in [2.05, 4.69) is 43.5 Å². The predicted octanol–water partition coefficient (Wildman–Crippen LogP) is 10.6. The molecule has 1 heterocycles. The first kappa shape index (κ1) is 61.6. The number of amides is 1. The van der Waals surface area contributed by atoms with Crippen molar-refractivity contribution in [2.45, 2.75) is 300 Å². The molecule has 0 spiro atoms. The lowest BCUT2D eigenvalue weighted by atomic mass is 9.98. The normalized spacial score (nSPS) is 21.0. The monoisotopic (exact) mass is 926 g/mol. The van der Waals surface area contributed by atoms with Crippen molar-refractivity contribution in [3.05, 3.63) is 24.3 Å². The number of carbonyl (C=O) groups is 1. The van der Waals surface area contributed by atoms with Crippen LogP contribution in [0.15, 0.2) is 24.3 Å². The summed E-state index contributed by atoms with van der Waals surface area (Å²) in [5.41, 5.74) is 0. The fourth-order valence-electron chi connectivity index (χ4n) is 8.76. The number of allylic oxidation sites excluding steroid dienone is 4. The zero-order chi connectivity index (χ0) is 47.6. The smallest absolute Gasteiger partial charge is 0.249 e. The van der Waals surface area contributed by atoms with Gasteiger partial charge in [0.05, 0.1) is 25.4 Å². The van der Waals surface area contributed by atoms with E-state index in [1.165, 1.54) is 154 Å². The minimum atomic E-state index is -1.67. The molecular formula is C54H103NO10. The van der Waals surface area contributed by atoms with Crippen molar-refractivity contribution >= 4 is 5.91 Å². The van der Waals surface area contributed by atoms with Gasteiger partial charge in [0.25, 0.3) is 0 Å². The lowest BCUT2D eigenvalue weighted by Gasteiger charge is -2.40.